The van der Waals surface area contributed by atoms with E-state index in [2.05, 4.69) is 22.9 Å². The number of hydrogen-bond acceptors (Lipinski definition) is 1. The summed E-state index contributed by atoms with van der Waals surface area (Å²) in [4.78, 5) is 0. The molecule has 1 aromatic rings. The van der Waals surface area contributed by atoms with Crippen LogP contribution in [-0.4, -0.2) is 7.11 Å². The van der Waals surface area contributed by atoms with E-state index in [0.717, 1.165) is 18.4 Å². The van der Waals surface area contributed by atoms with Gasteiger partial charge in [-0.3, -0.25) is 0 Å². The van der Waals surface area contributed by atoms with Crippen LogP contribution in [0.25, 0.3) is 0 Å². The summed E-state index contributed by atoms with van der Waals surface area (Å²) in [6.07, 6.45) is 11.0. The lowest BCUT2D eigenvalue weighted by Crippen LogP contribution is -1.96. The lowest BCUT2D eigenvalue weighted by Gasteiger charge is -2.09. The van der Waals surface area contributed by atoms with Crippen LogP contribution in [-0.2, 0) is 6.42 Å². The molecule has 0 aliphatic heterocycles. The van der Waals surface area contributed by atoms with E-state index in [0.29, 0.717) is 10.2 Å². The second-order valence-electron chi connectivity index (χ2n) is 5.28. The van der Waals surface area contributed by atoms with Crippen molar-refractivity contribution < 1.29 is 9.13 Å². The van der Waals surface area contributed by atoms with Crippen molar-refractivity contribution in [1.29, 1.82) is 0 Å². The first-order chi connectivity index (χ1) is 9.70. The molecule has 20 heavy (non-hydrogen) atoms. The molecule has 0 saturated heterocycles. The SMILES string of the molecule is CCCCCCCCCCc1ccc(Br)c(OC)c1F. The van der Waals surface area contributed by atoms with Crippen LogP contribution in [0.5, 0.6) is 5.75 Å². The fourth-order valence-corrected chi connectivity index (χ4v) is 2.87. The average molecular weight is 345 g/mol. The van der Waals surface area contributed by atoms with E-state index >= 15 is 0 Å². The number of methoxy groups -OCH3 is 1. The zero-order valence-corrected chi connectivity index (χ0v) is 14.3. The maximum absolute atomic E-state index is 14.1. The predicted molar refractivity (Wildman–Crippen MR) is 87.0 cm³/mol. The summed E-state index contributed by atoms with van der Waals surface area (Å²) >= 11 is 3.30. The Hall–Kier alpha value is -0.570. The minimum absolute atomic E-state index is 0.218. The average Bonchev–Trinajstić information content (AvgIpc) is 2.44. The molecule has 0 atom stereocenters. The fourth-order valence-electron chi connectivity index (χ4n) is 2.40. The van der Waals surface area contributed by atoms with Crippen molar-refractivity contribution >= 4 is 15.9 Å². The van der Waals surface area contributed by atoms with E-state index in [9.17, 15) is 4.39 Å². The molecule has 0 bridgehead atoms. The topological polar surface area (TPSA) is 9.23 Å². The van der Waals surface area contributed by atoms with Crippen molar-refractivity contribution in [2.45, 2.75) is 64.7 Å². The Balaban J connectivity index is 2.25. The standard InChI is InChI=1S/C17H26BrFO/c1-3-4-5-6-7-8-9-10-11-14-12-13-15(18)17(20-2)16(14)19/h12-13H,3-11H2,1-2H3. The van der Waals surface area contributed by atoms with E-state index in [1.807, 2.05) is 12.1 Å². The Labute approximate surface area is 131 Å². The van der Waals surface area contributed by atoms with Crippen LogP contribution < -0.4 is 4.74 Å². The van der Waals surface area contributed by atoms with Gasteiger partial charge in [0.25, 0.3) is 0 Å². The van der Waals surface area contributed by atoms with Crippen LogP contribution in [0.4, 0.5) is 4.39 Å². The highest BCUT2D eigenvalue weighted by atomic mass is 79.9. The lowest BCUT2D eigenvalue weighted by molar-refractivity contribution is 0.381. The van der Waals surface area contributed by atoms with Gasteiger partial charge in [-0.25, -0.2) is 4.39 Å². The van der Waals surface area contributed by atoms with E-state index < -0.39 is 0 Å². The van der Waals surface area contributed by atoms with Crippen molar-refractivity contribution in [2.24, 2.45) is 0 Å². The van der Waals surface area contributed by atoms with Crippen LogP contribution in [0.2, 0.25) is 0 Å². The van der Waals surface area contributed by atoms with Crippen molar-refractivity contribution in [3.8, 4) is 5.75 Å². The molecule has 0 N–H and O–H groups in total. The van der Waals surface area contributed by atoms with Gasteiger partial charge < -0.3 is 4.74 Å². The summed E-state index contributed by atoms with van der Waals surface area (Å²) in [6, 6.07) is 3.71. The number of halogens is 2. The molecule has 0 unspecified atom stereocenters. The second kappa shape index (κ2) is 10.2. The van der Waals surface area contributed by atoms with Gasteiger partial charge in [0.1, 0.15) is 0 Å². The summed E-state index contributed by atoms with van der Waals surface area (Å²) in [6.45, 7) is 2.24. The molecule has 0 saturated carbocycles. The summed E-state index contributed by atoms with van der Waals surface area (Å²) < 4.78 is 19.8. The summed E-state index contributed by atoms with van der Waals surface area (Å²) in [7, 11) is 1.50. The number of aryl methyl sites for hydroxylation is 1. The Morgan fingerprint density at radius 3 is 2.20 bits per heavy atom. The van der Waals surface area contributed by atoms with Gasteiger partial charge in [0, 0.05) is 0 Å². The molecule has 114 valence electrons. The van der Waals surface area contributed by atoms with Gasteiger partial charge in [-0.15, -0.1) is 0 Å². The van der Waals surface area contributed by atoms with Gasteiger partial charge in [0.2, 0.25) is 0 Å². The van der Waals surface area contributed by atoms with E-state index in [4.69, 9.17) is 4.74 Å². The zero-order chi connectivity index (χ0) is 14.8. The molecule has 0 aliphatic rings. The van der Waals surface area contributed by atoms with Crippen molar-refractivity contribution in [2.75, 3.05) is 7.11 Å². The van der Waals surface area contributed by atoms with E-state index in [1.165, 1.54) is 52.1 Å². The minimum atomic E-state index is -0.218. The molecule has 0 amide bonds. The highest BCUT2D eigenvalue weighted by Gasteiger charge is 2.12. The maximum atomic E-state index is 14.1. The Bertz CT molecular complexity index is 393. The number of benzene rings is 1. The first-order valence-electron chi connectivity index (χ1n) is 7.71. The molecule has 0 spiro atoms. The third kappa shape index (κ3) is 5.82. The molecular weight excluding hydrogens is 319 g/mol. The van der Waals surface area contributed by atoms with Crippen LogP contribution in [0, 0.1) is 5.82 Å². The smallest absolute Gasteiger partial charge is 0.169 e. The molecule has 1 rings (SSSR count). The van der Waals surface area contributed by atoms with Gasteiger partial charge in [-0.1, -0.05) is 57.9 Å². The van der Waals surface area contributed by atoms with Crippen molar-refractivity contribution in [3.63, 3.8) is 0 Å². The first kappa shape index (κ1) is 17.5. The molecule has 3 heteroatoms. The summed E-state index contributed by atoms with van der Waals surface area (Å²) in [5.41, 5.74) is 0.760. The van der Waals surface area contributed by atoms with Gasteiger partial charge in [0.15, 0.2) is 11.6 Å². The Morgan fingerprint density at radius 1 is 1.00 bits per heavy atom. The fraction of sp³-hybridized carbons (Fsp3) is 0.647. The van der Waals surface area contributed by atoms with Crippen LogP contribution in [0.15, 0.2) is 16.6 Å². The molecule has 0 aliphatic carbocycles. The third-order valence-electron chi connectivity index (χ3n) is 3.63. The van der Waals surface area contributed by atoms with Crippen molar-refractivity contribution in [3.05, 3.63) is 28.0 Å². The van der Waals surface area contributed by atoms with Crippen LogP contribution in [0.1, 0.15) is 63.9 Å². The first-order valence-corrected chi connectivity index (χ1v) is 8.50. The second-order valence-corrected chi connectivity index (χ2v) is 6.13. The van der Waals surface area contributed by atoms with Gasteiger partial charge >= 0.3 is 0 Å². The summed E-state index contributed by atoms with van der Waals surface area (Å²) in [5, 5.41) is 0. The Kier molecular flexibility index (Phi) is 8.92. The van der Waals surface area contributed by atoms with Gasteiger partial charge in [-0.05, 0) is 40.4 Å². The van der Waals surface area contributed by atoms with E-state index in [-0.39, 0.29) is 5.82 Å². The molecule has 0 fully saturated rings. The van der Waals surface area contributed by atoms with Crippen LogP contribution in [0.3, 0.4) is 0 Å². The number of unbranched alkanes of at least 4 members (excludes halogenated alkanes) is 7. The molecular formula is C17H26BrFO. The maximum Gasteiger partial charge on any atom is 0.169 e. The zero-order valence-electron chi connectivity index (χ0n) is 12.7. The minimum Gasteiger partial charge on any atom is -0.492 e. The van der Waals surface area contributed by atoms with Crippen molar-refractivity contribution in [1.82, 2.24) is 0 Å². The molecule has 0 radical (unpaired) electrons. The highest BCUT2D eigenvalue weighted by molar-refractivity contribution is 9.10. The highest BCUT2D eigenvalue weighted by Crippen LogP contribution is 2.30. The predicted octanol–water partition coefficient (Wildman–Crippen LogP) is 6.28. The molecule has 1 nitrogen and oxygen atoms in total. The monoisotopic (exact) mass is 344 g/mol. The number of rotatable bonds is 10. The summed E-state index contributed by atoms with van der Waals surface area (Å²) in [5.74, 6) is 0.104. The lowest BCUT2D eigenvalue weighted by atomic mass is 10.0. The number of ether oxygens (including phenoxy) is 1. The molecule has 1 aromatic carbocycles. The number of hydrogen-bond donors (Lipinski definition) is 0. The quantitative estimate of drug-likeness (QED) is 0.454. The molecule has 0 heterocycles. The normalized spacial score (nSPS) is 10.8. The van der Waals surface area contributed by atoms with Gasteiger partial charge in [-0.2, -0.15) is 0 Å². The Morgan fingerprint density at radius 2 is 1.60 bits per heavy atom. The van der Waals surface area contributed by atoms with Crippen LogP contribution >= 0.6 is 15.9 Å². The van der Waals surface area contributed by atoms with E-state index in [1.54, 1.807) is 0 Å². The third-order valence-corrected chi connectivity index (χ3v) is 4.26. The largest absolute Gasteiger partial charge is 0.492 e. The van der Waals surface area contributed by atoms with Gasteiger partial charge in [0.05, 0.1) is 11.6 Å². The molecule has 0 aromatic heterocycles.